The third-order valence-electron chi connectivity index (χ3n) is 3.16. The summed E-state index contributed by atoms with van der Waals surface area (Å²) < 4.78 is 5.27. The van der Waals surface area contributed by atoms with E-state index in [9.17, 15) is 9.59 Å². The van der Waals surface area contributed by atoms with Gasteiger partial charge in [-0.05, 0) is 29.5 Å². The highest BCUT2D eigenvalue weighted by atomic mass is 32.1. The molecule has 5 nitrogen and oxygen atoms in total. The van der Waals surface area contributed by atoms with Crippen molar-refractivity contribution in [3.8, 4) is 11.8 Å². The minimum atomic E-state index is -0.566. The summed E-state index contributed by atoms with van der Waals surface area (Å²) >= 11 is 1.16. The number of nitrogens with one attached hydrogen (secondary N) is 1. The molecule has 2 heterocycles. The molecular formula is C15H10N2O3S. The molecule has 1 amide bonds. The Hall–Kier alpha value is -2.65. The van der Waals surface area contributed by atoms with E-state index in [0.29, 0.717) is 29.8 Å². The number of aryl methyl sites for hydroxylation is 1. The van der Waals surface area contributed by atoms with Gasteiger partial charge in [0.15, 0.2) is 0 Å². The maximum absolute atomic E-state index is 12.0. The highest BCUT2D eigenvalue weighted by Gasteiger charge is 2.18. The van der Waals surface area contributed by atoms with Crippen LogP contribution < -0.4 is 10.1 Å². The highest BCUT2D eigenvalue weighted by molar-refractivity contribution is 7.12. The summed E-state index contributed by atoms with van der Waals surface area (Å²) in [6.07, 6.45) is 1.14. The molecule has 0 fully saturated rings. The topological polar surface area (TPSA) is 79.2 Å². The summed E-state index contributed by atoms with van der Waals surface area (Å²) in [7, 11) is 0. The standard InChI is InChI=1S/C15H10N2O3S/c16-8-10-5-6-21-14(10)15(19)20-11-3-1-9-2-4-13(18)17-12(9)7-11/h1,3,5-7H,2,4H2,(H,17,18). The molecule has 2 aromatic rings. The third-order valence-corrected chi connectivity index (χ3v) is 4.05. The van der Waals surface area contributed by atoms with E-state index in [1.165, 1.54) is 0 Å². The van der Waals surface area contributed by atoms with Gasteiger partial charge in [-0.1, -0.05) is 6.07 Å². The van der Waals surface area contributed by atoms with Crippen molar-refractivity contribution < 1.29 is 14.3 Å². The van der Waals surface area contributed by atoms with E-state index in [1.54, 1.807) is 23.6 Å². The van der Waals surface area contributed by atoms with Crippen molar-refractivity contribution >= 4 is 28.9 Å². The number of hydrogen-bond acceptors (Lipinski definition) is 5. The normalized spacial score (nSPS) is 13.0. The number of thiophene rings is 1. The second kappa shape index (κ2) is 5.38. The van der Waals surface area contributed by atoms with Crippen molar-refractivity contribution in [2.45, 2.75) is 12.8 Å². The van der Waals surface area contributed by atoms with E-state index in [2.05, 4.69) is 5.32 Å². The number of fused-ring (bicyclic) bond motifs is 1. The van der Waals surface area contributed by atoms with Crippen molar-refractivity contribution in [2.75, 3.05) is 5.32 Å². The molecule has 1 aromatic heterocycles. The Balaban J connectivity index is 1.83. The van der Waals surface area contributed by atoms with Gasteiger partial charge in [-0.2, -0.15) is 5.26 Å². The molecule has 0 saturated heterocycles. The van der Waals surface area contributed by atoms with Gasteiger partial charge < -0.3 is 10.1 Å². The average Bonchev–Trinajstić information content (AvgIpc) is 2.95. The van der Waals surface area contributed by atoms with E-state index < -0.39 is 5.97 Å². The quantitative estimate of drug-likeness (QED) is 0.683. The third kappa shape index (κ3) is 2.64. The van der Waals surface area contributed by atoms with E-state index in [1.807, 2.05) is 12.1 Å². The van der Waals surface area contributed by atoms with Gasteiger partial charge in [-0.15, -0.1) is 11.3 Å². The molecule has 6 heteroatoms. The van der Waals surface area contributed by atoms with Crippen LogP contribution in [0.25, 0.3) is 0 Å². The maximum Gasteiger partial charge on any atom is 0.355 e. The smallest absolute Gasteiger partial charge is 0.355 e. The van der Waals surface area contributed by atoms with Crippen LogP contribution in [0.1, 0.15) is 27.2 Å². The van der Waals surface area contributed by atoms with E-state index in [-0.39, 0.29) is 10.8 Å². The van der Waals surface area contributed by atoms with Gasteiger partial charge in [0, 0.05) is 18.2 Å². The Morgan fingerprint density at radius 2 is 2.19 bits per heavy atom. The van der Waals surface area contributed by atoms with Gasteiger partial charge >= 0.3 is 5.97 Å². The predicted molar refractivity (Wildman–Crippen MR) is 77.4 cm³/mol. The molecule has 1 aromatic carbocycles. The molecule has 0 aliphatic carbocycles. The number of nitrogens with zero attached hydrogens (tertiary/aromatic N) is 1. The first-order valence-corrected chi connectivity index (χ1v) is 7.18. The minimum absolute atomic E-state index is 0.0454. The Morgan fingerprint density at radius 1 is 1.33 bits per heavy atom. The molecule has 0 spiro atoms. The average molecular weight is 298 g/mol. The van der Waals surface area contributed by atoms with Crippen LogP contribution in [0.15, 0.2) is 29.6 Å². The molecule has 0 radical (unpaired) electrons. The number of hydrogen-bond donors (Lipinski definition) is 1. The van der Waals surface area contributed by atoms with Gasteiger partial charge in [0.2, 0.25) is 5.91 Å². The second-order valence-corrected chi connectivity index (χ2v) is 5.45. The summed E-state index contributed by atoms with van der Waals surface area (Å²) in [5.74, 6) is -0.266. The van der Waals surface area contributed by atoms with Crippen molar-refractivity contribution in [1.82, 2.24) is 0 Å². The van der Waals surface area contributed by atoms with Gasteiger partial charge in [-0.3, -0.25) is 4.79 Å². The number of nitriles is 1. The monoisotopic (exact) mass is 298 g/mol. The number of anilines is 1. The Kier molecular flexibility index (Phi) is 3.42. The van der Waals surface area contributed by atoms with Crippen molar-refractivity contribution in [3.63, 3.8) is 0 Å². The van der Waals surface area contributed by atoms with Crippen molar-refractivity contribution in [2.24, 2.45) is 0 Å². The Labute approximate surface area is 124 Å². The van der Waals surface area contributed by atoms with E-state index in [0.717, 1.165) is 16.9 Å². The first kappa shape index (κ1) is 13.3. The highest BCUT2D eigenvalue weighted by Crippen LogP contribution is 2.28. The second-order valence-electron chi connectivity index (χ2n) is 4.53. The summed E-state index contributed by atoms with van der Waals surface area (Å²) in [6.45, 7) is 0. The van der Waals surface area contributed by atoms with Gasteiger partial charge in [0.05, 0.1) is 5.56 Å². The first-order valence-electron chi connectivity index (χ1n) is 6.30. The molecule has 0 atom stereocenters. The lowest BCUT2D eigenvalue weighted by molar-refractivity contribution is -0.116. The Bertz CT molecular complexity index is 773. The van der Waals surface area contributed by atoms with E-state index in [4.69, 9.17) is 10.00 Å². The van der Waals surface area contributed by atoms with Crippen LogP contribution >= 0.6 is 11.3 Å². The molecule has 1 aliphatic heterocycles. The number of esters is 1. The number of rotatable bonds is 2. The number of carbonyl (C=O) groups excluding carboxylic acids is 2. The zero-order chi connectivity index (χ0) is 14.8. The number of benzene rings is 1. The molecular weight excluding hydrogens is 288 g/mol. The summed E-state index contributed by atoms with van der Waals surface area (Å²) in [4.78, 5) is 23.7. The lowest BCUT2D eigenvalue weighted by Gasteiger charge is -2.17. The maximum atomic E-state index is 12.0. The first-order chi connectivity index (χ1) is 10.2. The van der Waals surface area contributed by atoms with Crippen LogP contribution in [-0.4, -0.2) is 11.9 Å². The van der Waals surface area contributed by atoms with Crippen LogP contribution in [0.5, 0.6) is 5.75 Å². The van der Waals surface area contributed by atoms with Gasteiger partial charge in [0.25, 0.3) is 0 Å². The SMILES string of the molecule is N#Cc1ccsc1C(=O)Oc1ccc2c(c1)NC(=O)CC2. The fourth-order valence-electron chi connectivity index (χ4n) is 2.12. The molecule has 0 unspecified atom stereocenters. The van der Waals surface area contributed by atoms with Crippen LogP contribution in [0.4, 0.5) is 5.69 Å². The lowest BCUT2D eigenvalue weighted by atomic mass is 10.0. The lowest BCUT2D eigenvalue weighted by Crippen LogP contribution is -2.19. The van der Waals surface area contributed by atoms with Crippen LogP contribution in [0, 0.1) is 11.3 Å². The molecule has 3 rings (SSSR count). The zero-order valence-electron chi connectivity index (χ0n) is 10.9. The molecule has 21 heavy (non-hydrogen) atoms. The molecule has 1 N–H and O–H groups in total. The zero-order valence-corrected chi connectivity index (χ0v) is 11.7. The number of ether oxygens (including phenoxy) is 1. The fourth-order valence-corrected chi connectivity index (χ4v) is 2.84. The summed E-state index contributed by atoms with van der Waals surface area (Å²) in [5, 5.41) is 13.3. The van der Waals surface area contributed by atoms with Crippen molar-refractivity contribution in [1.29, 1.82) is 5.26 Å². The van der Waals surface area contributed by atoms with Crippen molar-refractivity contribution in [3.05, 3.63) is 45.6 Å². The van der Waals surface area contributed by atoms with Crippen LogP contribution in [-0.2, 0) is 11.2 Å². The molecule has 0 saturated carbocycles. The summed E-state index contributed by atoms with van der Waals surface area (Å²) in [5.41, 5.74) is 1.99. The predicted octanol–water partition coefficient (Wildman–Crippen LogP) is 2.72. The summed E-state index contributed by atoms with van der Waals surface area (Å²) in [6, 6.07) is 8.68. The molecule has 104 valence electrons. The number of amides is 1. The van der Waals surface area contributed by atoms with E-state index >= 15 is 0 Å². The Morgan fingerprint density at radius 3 is 3.00 bits per heavy atom. The fraction of sp³-hybridized carbons (Fsp3) is 0.133. The largest absolute Gasteiger partial charge is 0.422 e. The molecule has 1 aliphatic rings. The van der Waals surface area contributed by atoms with Gasteiger partial charge in [0.1, 0.15) is 16.7 Å². The van der Waals surface area contributed by atoms with Crippen LogP contribution in [0.2, 0.25) is 0 Å². The minimum Gasteiger partial charge on any atom is -0.422 e. The molecule has 0 bridgehead atoms. The van der Waals surface area contributed by atoms with Crippen LogP contribution in [0.3, 0.4) is 0 Å². The van der Waals surface area contributed by atoms with Gasteiger partial charge in [-0.25, -0.2) is 4.79 Å². The number of carbonyl (C=O) groups is 2.